The molecule has 3 heteroatoms. The summed E-state index contributed by atoms with van der Waals surface area (Å²) in [5, 5.41) is 0. The zero-order chi connectivity index (χ0) is 7.56. The predicted octanol–water partition coefficient (Wildman–Crippen LogP) is 2.28. The highest BCUT2D eigenvalue weighted by Gasteiger charge is 2.03. The molecule has 2 nitrogen and oxygen atoms in total. The van der Waals surface area contributed by atoms with E-state index < -0.39 is 0 Å². The number of halogens is 1. The zero-order valence-corrected chi connectivity index (χ0v) is 7.65. The average Bonchev–Trinajstić information content (AvgIpc) is 2.34. The lowest BCUT2D eigenvalue weighted by Crippen LogP contribution is -2.02. The quantitative estimate of drug-likeness (QED) is 0.749. The van der Waals surface area contributed by atoms with Crippen molar-refractivity contribution in [1.29, 1.82) is 0 Å². The molecule has 2 N–H and O–H groups in total. The SMILES string of the molecule is CCc1ccc([C@@H](C)N)o1.Cl. The van der Waals surface area contributed by atoms with E-state index in [1.165, 1.54) is 0 Å². The molecule has 1 rings (SSSR count). The molecule has 0 saturated carbocycles. The van der Waals surface area contributed by atoms with Gasteiger partial charge in [-0.1, -0.05) is 6.92 Å². The highest BCUT2D eigenvalue weighted by Crippen LogP contribution is 2.13. The molecular weight excluding hydrogens is 162 g/mol. The number of hydrogen-bond acceptors (Lipinski definition) is 2. The molecule has 0 aliphatic carbocycles. The van der Waals surface area contributed by atoms with Crippen LogP contribution >= 0.6 is 12.4 Å². The molecule has 11 heavy (non-hydrogen) atoms. The lowest BCUT2D eigenvalue weighted by Gasteiger charge is -1.97. The Labute approximate surface area is 73.2 Å². The fourth-order valence-corrected chi connectivity index (χ4v) is 0.829. The van der Waals surface area contributed by atoms with Crippen LogP contribution < -0.4 is 5.73 Å². The molecule has 1 heterocycles. The van der Waals surface area contributed by atoms with Crippen LogP contribution in [0.3, 0.4) is 0 Å². The lowest BCUT2D eigenvalue weighted by molar-refractivity contribution is 0.446. The molecule has 0 aromatic carbocycles. The molecule has 0 unspecified atom stereocenters. The van der Waals surface area contributed by atoms with Crippen LogP contribution in [-0.4, -0.2) is 0 Å². The van der Waals surface area contributed by atoms with E-state index in [0.29, 0.717) is 0 Å². The number of aryl methyl sites for hydroxylation is 1. The standard InChI is InChI=1S/C8H13NO.ClH/c1-3-7-4-5-8(10-7)6(2)9;/h4-6H,3,9H2,1-2H3;1H/t6-;/m1./s1. The van der Waals surface area contributed by atoms with E-state index in [2.05, 4.69) is 6.92 Å². The van der Waals surface area contributed by atoms with Crippen molar-refractivity contribution >= 4 is 12.4 Å². The Morgan fingerprint density at radius 3 is 2.45 bits per heavy atom. The average molecular weight is 176 g/mol. The van der Waals surface area contributed by atoms with E-state index in [1.54, 1.807) is 0 Å². The molecule has 0 fully saturated rings. The summed E-state index contributed by atoms with van der Waals surface area (Å²) < 4.78 is 5.37. The van der Waals surface area contributed by atoms with Gasteiger partial charge in [0, 0.05) is 6.42 Å². The van der Waals surface area contributed by atoms with Crippen LogP contribution in [-0.2, 0) is 6.42 Å². The lowest BCUT2D eigenvalue weighted by atomic mass is 10.3. The van der Waals surface area contributed by atoms with Crippen molar-refractivity contribution in [3.05, 3.63) is 23.7 Å². The Balaban J connectivity index is 0.000001000. The summed E-state index contributed by atoms with van der Waals surface area (Å²) in [4.78, 5) is 0. The molecule has 0 saturated heterocycles. The maximum Gasteiger partial charge on any atom is 0.120 e. The normalized spacial score (nSPS) is 12.3. The zero-order valence-electron chi connectivity index (χ0n) is 6.83. The summed E-state index contributed by atoms with van der Waals surface area (Å²) in [6.45, 7) is 3.97. The molecule has 0 spiro atoms. The van der Waals surface area contributed by atoms with Crippen molar-refractivity contribution in [3.8, 4) is 0 Å². The van der Waals surface area contributed by atoms with Gasteiger partial charge in [0.05, 0.1) is 6.04 Å². The smallest absolute Gasteiger partial charge is 0.120 e. The first kappa shape index (κ1) is 10.5. The molecule has 0 bridgehead atoms. The van der Waals surface area contributed by atoms with Crippen LogP contribution in [0.25, 0.3) is 0 Å². The molecule has 1 atom stereocenters. The Bertz CT molecular complexity index is 208. The molecule has 1 aromatic rings. The number of furan rings is 1. The van der Waals surface area contributed by atoms with Gasteiger partial charge in [-0.05, 0) is 19.1 Å². The van der Waals surface area contributed by atoms with Crippen LogP contribution in [0.1, 0.15) is 31.4 Å². The number of rotatable bonds is 2. The van der Waals surface area contributed by atoms with Crippen molar-refractivity contribution in [3.63, 3.8) is 0 Å². The van der Waals surface area contributed by atoms with Crippen LogP contribution in [0.4, 0.5) is 0 Å². The molecule has 0 aliphatic heterocycles. The summed E-state index contributed by atoms with van der Waals surface area (Å²) in [5.41, 5.74) is 5.59. The molecule has 0 aliphatic rings. The fraction of sp³-hybridized carbons (Fsp3) is 0.500. The van der Waals surface area contributed by atoms with Gasteiger partial charge in [0.2, 0.25) is 0 Å². The topological polar surface area (TPSA) is 39.2 Å². The minimum absolute atomic E-state index is 0. The van der Waals surface area contributed by atoms with E-state index in [1.807, 2.05) is 19.1 Å². The second-order valence-electron chi connectivity index (χ2n) is 2.45. The van der Waals surface area contributed by atoms with Gasteiger partial charge in [0.25, 0.3) is 0 Å². The largest absolute Gasteiger partial charge is 0.464 e. The van der Waals surface area contributed by atoms with E-state index in [0.717, 1.165) is 17.9 Å². The number of nitrogens with two attached hydrogens (primary N) is 1. The highest BCUT2D eigenvalue weighted by molar-refractivity contribution is 5.85. The van der Waals surface area contributed by atoms with E-state index in [-0.39, 0.29) is 18.4 Å². The van der Waals surface area contributed by atoms with Gasteiger partial charge in [-0.25, -0.2) is 0 Å². The Morgan fingerprint density at radius 1 is 1.55 bits per heavy atom. The minimum atomic E-state index is 0. The summed E-state index contributed by atoms with van der Waals surface area (Å²) in [7, 11) is 0. The van der Waals surface area contributed by atoms with Crippen molar-refractivity contribution < 1.29 is 4.42 Å². The summed E-state index contributed by atoms with van der Waals surface area (Å²) >= 11 is 0. The summed E-state index contributed by atoms with van der Waals surface area (Å²) in [6, 6.07) is 3.92. The van der Waals surface area contributed by atoms with E-state index in [9.17, 15) is 0 Å². The van der Waals surface area contributed by atoms with Gasteiger partial charge >= 0.3 is 0 Å². The predicted molar refractivity (Wildman–Crippen MR) is 47.9 cm³/mol. The third-order valence-corrected chi connectivity index (χ3v) is 1.48. The molecular formula is C8H14ClNO. The van der Waals surface area contributed by atoms with Crippen LogP contribution in [0, 0.1) is 0 Å². The maximum absolute atomic E-state index is 5.59. The monoisotopic (exact) mass is 175 g/mol. The third-order valence-electron chi connectivity index (χ3n) is 1.48. The van der Waals surface area contributed by atoms with Crippen LogP contribution in [0.15, 0.2) is 16.5 Å². The van der Waals surface area contributed by atoms with Crippen molar-refractivity contribution in [2.45, 2.75) is 26.3 Å². The van der Waals surface area contributed by atoms with E-state index >= 15 is 0 Å². The minimum Gasteiger partial charge on any atom is -0.464 e. The molecule has 0 radical (unpaired) electrons. The summed E-state index contributed by atoms with van der Waals surface area (Å²) in [5.74, 6) is 1.88. The second-order valence-corrected chi connectivity index (χ2v) is 2.45. The van der Waals surface area contributed by atoms with Crippen molar-refractivity contribution in [1.82, 2.24) is 0 Å². The number of hydrogen-bond donors (Lipinski definition) is 1. The Hall–Kier alpha value is -0.470. The highest BCUT2D eigenvalue weighted by atomic mass is 35.5. The molecule has 1 aromatic heterocycles. The van der Waals surface area contributed by atoms with Gasteiger partial charge in [-0.3, -0.25) is 0 Å². The van der Waals surface area contributed by atoms with Gasteiger partial charge < -0.3 is 10.2 Å². The van der Waals surface area contributed by atoms with Crippen LogP contribution in [0.2, 0.25) is 0 Å². The van der Waals surface area contributed by atoms with Crippen molar-refractivity contribution in [2.75, 3.05) is 0 Å². The molecule has 0 amide bonds. The first-order chi connectivity index (χ1) is 4.74. The van der Waals surface area contributed by atoms with Gasteiger partial charge in [0.1, 0.15) is 11.5 Å². The van der Waals surface area contributed by atoms with Gasteiger partial charge in [-0.15, -0.1) is 12.4 Å². The maximum atomic E-state index is 5.59. The first-order valence-electron chi connectivity index (χ1n) is 3.58. The van der Waals surface area contributed by atoms with Gasteiger partial charge in [0.15, 0.2) is 0 Å². The third kappa shape index (κ3) is 2.56. The van der Waals surface area contributed by atoms with Crippen LogP contribution in [0.5, 0.6) is 0 Å². The fourth-order valence-electron chi connectivity index (χ4n) is 0.829. The first-order valence-corrected chi connectivity index (χ1v) is 3.58. The van der Waals surface area contributed by atoms with Gasteiger partial charge in [-0.2, -0.15) is 0 Å². The summed E-state index contributed by atoms with van der Waals surface area (Å²) in [6.07, 6.45) is 0.937. The van der Waals surface area contributed by atoms with Crippen molar-refractivity contribution in [2.24, 2.45) is 5.73 Å². The molecule has 64 valence electrons. The van der Waals surface area contributed by atoms with E-state index in [4.69, 9.17) is 10.2 Å². The second kappa shape index (κ2) is 4.42. The Morgan fingerprint density at radius 2 is 2.18 bits per heavy atom. The Kier molecular flexibility index (Phi) is 4.23.